The summed E-state index contributed by atoms with van der Waals surface area (Å²) in [5.41, 5.74) is 8.20. The zero-order chi connectivity index (χ0) is 13.2. The van der Waals surface area contributed by atoms with E-state index in [0.717, 1.165) is 47.2 Å². The summed E-state index contributed by atoms with van der Waals surface area (Å²) in [6, 6.07) is 8.59. The van der Waals surface area contributed by atoms with Gasteiger partial charge in [-0.05, 0) is 31.7 Å². The largest absolute Gasteiger partial charge is 0.342 e. The molecule has 1 saturated carbocycles. The van der Waals surface area contributed by atoms with E-state index < -0.39 is 0 Å². The Morgan fingerprint density at radius 2 is 1.89 bits per heavy atom. The fraction of sp³-hybridized carbons (Fsp3) is 0.400. The van der Waals surface area contributed by atoms with Gasteiger partial charge in [-0.15, -0.1) is 0 Å². The smallest absolute Gasteiger partial charge is 0.109 e. The first-order valence-corrected chi connectivity index (χ1v) is 7.58. The van der Waals surface area contributed by atoms with Gasteiger partial charge in [0.1, 0.15) is 5.82 Å². The van der Waals surface area contributed by atoms with Gasteiger partial charge < -0.3 is 10.7 Å². The summed E-state index contributed by atoms with van der Waals surface area (Å²) in [5, 5.41) is 0. The Balaban J connectivity index is 1.82. The molecule has 0 amide bonds. The molecule has 0 unspecified atom stereocenters. The molecule has 1 aliphatic rings. The molecule has 4 heteroatoms. The van der Waals surface area contributed by atoms with Gasteiger partial charge in [0.05, 0.1) is 11.9 Å². The number of imidazole rings is 1. The van der Waals surface area contributed by atoms with Gasteiger partial charge in [-0.3, -0.25) is 0 Å². The van der Waals surface area contributed by atoms with Crippen LogP contribution in [0.5, 0.6) is 0 Å². The van der Waals surface area contributed by atoms with E-state index in [2.05, 4.69) is 38.0 Å². The fourth-order valence-electron chi connectivity index (χ4n) is 2.75. The topological polar surface area (TPSA) is 54.7 Å². The van der Waals surface area contributed by atoms with Crippen molar-refractivity contribution in [2.45, 2.75) is 37.6 Å². The first-order valence-electron chi connectivity index (χ1n) is 6.79. The van der Waals surface area contributed by atoms with Crippen LogP contribution in [0.2, 0.25) is 0 Å². The predicted molar refractivity (Wildman–Crippen MR) is 80.9 cm³/mol. The third-order valence-electron chi connectivity index (χ3n) is 3.92. The predicted octanol–water partition coefficient (Wildman–Crippen LogP) is 3.82. The molecular formula is C15H18BrN3. The second-order valence-corrected chi connectivity index (χ2v) is 6.13. The molecule has 3 nitrogen and oxygen atoms in total. The Morgan fingerprint density at radius 3 is 2.63 bits per heavy atom. The molecule has 1 fully saturated rings. The first-order chi connectivity index (χ1) is 9.24. The van der Waals surface area contributed by atoms with E-state index in [4.69, 9.17) is 5.73 Å². The lowest BCUT2D eigenvalue weighted by Crippen LogP contribution is -2.26. The number of halogens is 1. The molecule has 100 valence electrons. The normalized spacial score (nSPS) is 23.5. The van der Waals surface area contributed by atoms with E-state index in [0.29, 0.717) is 12.0 Å². The highest BCUT2D eigenvalue weighted by molar-refractivity contribution is 9.10. The average Bonchev–Trinajstić information content (AvgIpc) is 2.89. The Morgan fingerprint density at radius 1 is 1.16 bits per heavy atom. The van der Waals surface area contributed by atoms with Crippen molar-refractivity contribution in [2.75, 3.05) is 0 Å². The van der Waals surface area contributed by atoms with E-state index in [1.165, 1.54) is 0 Å². The maximum atomic E-state index is 5.95. The Hall–Kier alpha value is -1.13. The molecule has 3 rings (SSSR count). The maximum Gasteiger partial charge on any atom is 0.109 e. The van der Waals surface area contributed by atoms with E-state index in [1.54, 1.807) is 0 Å². The van der Waals surface area contributed by atoms with E-state index in [9.17, 15) is 0 Å². The van der Waals surface area contributed by atoms with Gasteiger partial charge in [-0.1, -0.05) is 34.1 Å². The zero-order valence-corrected chi connectivity index (χ0v) is 12.4. The van der Waals surface area contributed by atoms with Gasteiger partial charge in [0.15, 0.2) is 0 Å². The number of benzene rings is 1. The van der Waals surface area contributed by atoms with Crippen molar-refractivity contribution in [3.63, 3.8) is 0 Å². The Labute approximate surface area is 121 Å². The quantitative estimate of drug-likeness (QED) is 0.884. The molecule has 0 bridgehead atoms. The molecule has 1 heterocycles. The van der Waals surface area contributed by atoms with Gasteiger partial charge >= 0.3 is 0 Å². The lowest BCUT2D eigenvalue weighted by atomic mass is 9.86. The van der Waals surface area contributed by atoms with Crippen LogP contribution < -0.4 is 5.73 Å². The molecule has 2 aromatic rings. The van der Waals surface area contributed by atoms with Crippen molar-refractivity contribution >= 4 is 15.9 Å². The lowest BCUT2D eigenvalue weighted by Gasteiger charge is -2.24. The number of nitrogens with two attached hydrogens (primary N) is 1. The minimum Gasteiger partial charge on any atom is -0.342 e. The third-order valence-corrected chi connectivity index (χ3v) is 4.61. The third kappa shape index (κ3) is 2.74. The molecule has 0 atom stereocenters. The SMILES string of the molecule is NC1CCC(c2ncc(-c3ccccc3Br)[nH]2)CC1. The van der Waals surface area contributed by atoms with Crippen LogP contribution in [0.15, 0.2) is 34.9 Å². The number of aromatic nitrogens is 2. The molecule has 0 aliphatic heterocycles. The van der Waals surface area contributed by atoms with Crippen LogP contribution in [0.1, 0.15) is 37.4 Å². The number of H-pyrrole nitrogens is 1. The van der Waals surface area contributed by atoms with Crippen LogP contribution in [0.25, 0.3) is 11.3 Å². The van der Waals surface area contributed by atoms with Crippen molar-refractivity contribution in [1.29, 1.82) is 0 Å². The van der Waals surface area contributed by atoms with Gasteiger partial charge in [0.2, 0.25) is 0 Å². The summed E-state index contributed by atoms with van der Waals surface area (Å²) in [4.78, 5) is 8.04. The Bertz CT molecular complexity index is 556. The summed E-state index contributed by atoms with van der Waals surface area (Å²) >= 11 is 3.58. The number of aromatic amines is 1. The van der Waals surface area contributed by atoms with Gasteiger partial charge in [-0.2, -0.15) is 0 Å². The lowest BCUT2D eigenvalue weighted by molar-refractivity contribution is 0.386. The molecule has 1 aromatic carbocycles. The van der Waals surface area contributed by atoms with Crippen LogP contribution in [-0.4, -0.2) is 16.0 Å². The number of hydrogen-bond donors (Lipinski definition) is 2. The molecule has 1 aliphatic carbocycles. The zero-order valence-electron chi connectivity index (χ0n) is 10.8. The summed E-state index contributed by atoms with van der Waals surface area (Å²) in [6.07, 6.45) is 6.43. The highest BCUT2D eigenvalue weighted by Crippen LogP contribution is 2.33. The summed E-state index contributed by atoms with van der Waals surface area (Å²) < 4.78 is 1.09. The van der Waals surface area contributed by atoms with Crippen molar-refractivity contribution in [3.8, 4) is 11.3 Å². The minimum atomic E-state index is 0.383. The fourth-order valence-corrected chi connectivity index (χ4v) is 3.25. The van der Waals surface area contributed by atoms with Crippen molar-refractivity contribution < 1.29 is 0 Å². The number of nitrogens with zero attached hydrogens (tertiary/aromatic N) is 1. The average molecular weight is 320 g/mol. The molecule has 0 spiro atoms. The first kappa shape index (κ1) is 12.9. The molecule has 19 heavy (non-hydrogen) atoms. The monoisotopic (exact) mass is 319 g/mol. The minimum absolute atomic E-state index is 0.383. The van der Waals surface area contributed by atoms with E-state index in [1.807, 2.05) is 18.3 Å². The van der Waals surface area contributed by atoms with Gasteiger partial charge in [0.25, 0.3) is 0 Å². The number of hydrogen-bond acceptors (Lipinski definition) is 2. The van der Waals surface area contributed by atoms with Crippen LogP contribution in [0.4, 0.5) is 0 Å². The van der Waals surface area contributed by atoms with Crippen molar-refractivity contribution in [1.82, 2.24) is 9.97 Å². The molecule has 0 radical (unpaired) electrons. The van der Waals surface area contributed by atoms with E-state index >= 15 is 0 Å². The van der Waals surface area contributed by atoms with Gasteiger partial charge in [-0.25, -0.2) is 4.98 Å². The highest BCUT2D eigenvalue weighted by atomic mass is 79.9. The number of nitrogens with one attached hydrogen (secondary N) is 1. The van der Waals surface area contributed by atoms with Crippen molar-refractivity contribution in [3.05, 3.63) is 40.8 Å². The summed E-state index contributed by atoms with van der Waals surface area (Å²) in [5.74, 6) is 1.65. The molecule has 0 saturated heterocycles. The van der Waals surface area contributed by atoms with Crippen LogP contribution in [-0.2, 0) is 0 Å². The standard InChI is InChI=1S/C15H18BrN3/c16-13-4-2-1-3-12(13)14-9-18-15(19-14)10-5-7-11(17)8-6-10/h1-4,9-11H,5-8,17H2,(H,18,19). The second kappa shape index (κ2) is 5.47. The molecule has 1 aromatic heterocycles. The second-order valence-electron chi connectivity index (χ2n) is 5.27. The molecule has 3 N–H and O–H groups in total. The Kier molecular flexibility index (Phi) is 3.71. The summed E-state index contributed by atoms with van der Waals surface area (Å²) in [7, 11) is 0. The highest BCUT2D eigenvalue weighted by Gasteiger charge is 2.22. The van der Waals surface area contributed by atoms with Crippen molar-refractivity contribution in [2.24, 2.45) is 5.73 Å². The van der Waals surface area contributed by atoms with Crippen LogP contribution in [0, 0.1) is 0 Å². The maximum absolute atomic E-state index is 5.95. The van der Waals surface area contributed by atoms with Gasteiger partial charge in [0, 0.05) is 22.0 Å². The van der Waals surface area contributed by atoms with Crippen LogP contribution in [0.3, 0.4) is 0 Å². The molecular weight excluding hydrogens is 302 g/mol. The number of rotatable bonds is 2. The van der Waals surface area contributed by atoms with E-state index in [-0.39, 0.29) is 0 Å². The summed E-state index contributed by atoms with van der Waals surface area (Å²) in [6.45, 7) is 0. The van der Waals surface area contributed by atoms with Crippen LogP contribution >= 0.6 is 15.9 Å².